The molecular weight excluding hydrogens is 204 g/mol. The number of halogens is 1. The SMILES string of the molecule is CC(C)(C)COC(=O)C(C)(C)C(=O)Cl. The third-order valence-corrected chi connectivity index (χ3v) is 2.11. The normalized spacial score (nSPS) is 12.4. The van der Waals surface area contributed by atoms with Crippen molar-refractivity contribution in [3.8, 4) is 0 Å². The van der Waals surface area contributed by atoms with Crippen molar-refractivity contribution in [1.29, 1.82) is 0 Å². The Morgan fingerprint density at radius 2 is 1.57 bits per heavy atom. The zero-order valence-electron chi connectivity index (χ0n) is 9.31. The molecule has 0 N–H and O–H groups in total. The second-order valence-electron chi connectivity index (χ2n) is 5.04. The largest absolute Gasteiger partial charge is 0.464 e. The zero-order valence-corrected chi connectivity index (χ0v) is 10.1. The lowest BCUT2D eigenvalue weighted by Crippen LogP contribution is -2.34. The molecule has 0 heterocycles. The van der Waals surface area contributed by atoms with Crippen LogP contribution < -0.4 is 0 Å². The van der Waals surface area contributed by atoms with E-state index in [1.165, 1.54) is 13.8 Å². The third-order valence-electron chi connectivity index (χ3n) is 1.64. The van der Waals surface area contributed by atoms with Crippen molar-refractivity contribution in [2.45, 2.75) is 34.6 Å². The fraction of sp³-hybridized carbons (Fsp3) is 0.800. The molecule has 0 aromatic rings. The van der Waals surface area contributed by atoms with E-state index in [1.807, 2.05) is 20.8 Å². The summed E-state index contributed by atoms with van der Waals surface area (Å²) in [5.74, 6) is -0.576. The smallest absolute Gasteiger partial charge is 0.320 e. The van der Waals surface area contributed by atoms with Crippen LogP contribution in [0.25, 0.3) is 0 Å². The Bertz CT molecular complexity index is 238. The molecular formula is C10H17ClO3. The molecule has 0 bridgehead atoms. The second kappa shape index (κ2) is 4.30. The second-order valence-corrected chi connectivity index (χ2v) is 5.38. The van der Waals surface area contributed by atoms with Gasteiger partial charge in [-0.25, -0.2) is 0 Å². The van der Waals surface area contributed by atoms with Gasteiger partial charge in [-0.05, 0) is 30.9 Å². The van der Waals surface area contributed by atoms with Crippen LogP contribution >= 0.6 is 11.6 Å². The number of esters is 1. The van der Waals surface area contributed by atoms with E-state index in [0.29, 0.717) is 0 Å². The van der Waals surface area contributed by atoms with Crippen molar-refractivity contribution in [2.75, 3.05) is 6.61 Å². The molecule has 14 heavy (non-hydrogen) atoms. The molecule has 0 aromatic heterocycles. The fourth-order valence-corrected chi connectivity index (χ4v) is 0.620. The highest BCUT2D eigenvalue weighted by Crippen LogP contribution is 2.23. The fourth-order valence-electron chi connectivity index (χ4n) is 0.543. The number of ether oxygens (including phenoxy) is 1. The van der Waals surface area contributed by atoms with Crippen molar-refractivity contribution in [3.05, 3.63) is 0 Å². The first-order chi connectivity index (χ1) is 6.07. The van der Waals surface area contributed by atoms with Crippen LogP contribution in [0.1, 0.15) is 34.6 Å². The molecule has 3 nitrogen and oxygen atoms in total. The number of carbonyl (C=O) groups is 2. The number of rotatable bonds is 3. The number of carbonyl (C=O) groups excluding carboxylic acids is 2. The minimum Gasteiger partial charge on any atom is -0.464 e. The predicted octanol–water partition coefficient (Wildman–Crippen LogP) is 2.37. The van der Waals surface area contributed by atoms with Crippen molar-refractivity contribution >= 4 is 22.8 Å². The minimum absolute atomic E-state index is 0.110. The Labute approximate surface area is 89.8 Å². The zero-order chi connectivity index (χ0) is 11.6. The summed E-state index contributed by atoms with van der Waals surface area (Å²) in [4.78, 5) is 22.3. The lowest BCUT2D eigenvalue weighted by atomic mass is 9.95. The Morgan fingerprint density at radius 1 is 1.14 bits per heavy atom. The van der Waals surface area contributed by atoms with Crippen molar-refractivity contribution in [1.82, 2.24) is 0 Å². The van der Waals surface area contributed by atoms with Gasteiger partial charge in [0.1, 0.15) is 5.41 Å². The van der Waals surface area contributed by atoms with Gasteiger partial charge in [0, 0.05) is 0 Å². The molecule has 0 rings (SSSR count). The van der Waals surface area contributed by atoms with Crippen LogP contribution in [-0.2, 0) is 14.3 Å². The lowest BCUT2D eigenvalue weighted by Gasteiger charge is -2.22. The Kier molecular flexibility index (Phi) is 4.13. The van der Waals surface area contributed by atoms with E-state index in [4.69, 9.17) is 16.3 Å². The van der Waals surface area contributed by atoms with Gasteiger partial charge in [-0.2, -0.15) is 0 Å². The molecule has 0 spiro atoms. The Hall–Kier alpha value is -0.570. The van der Waals surface area contributed by atoms with E-state index >= 15 is 0 Å². The van der Waals surface area contributed by atoms with Crippen LogP contribution in [0.5, 0.6) is 0 Å². The molecule has 0 atom stereocenters. The van der Waals surface area contributed by atoms with Crippen LogP contribution in [0.2, 0.25) is 0 Å². The molecule has 4 heteroatoms. The average molecular weight is 221 g/mol. The van der Waals surface area contributed by atoms with Crippen molar-refractivity contribution in [3.63, 3.8) is 0 Å². The quantitative estimate of drug-likeness (QED) is 0.417. The molecule has 0 unspecified atom stereocenters. The highest BCUT2D eigenvalue weighted by Gasteiger charge is 2.36. The average Bonchev–Trinajstić information content (AvgIpc) is 1.98. The van der Waals surface area contributed by atoms with Crippen LogP contribution in [0.15, 0.2) is 0 Å². The van der Waals surface area contributed by atoms with Gasteiger partial charge in [-0.1, -0.05) is 20.8 Å². The molecule has 0 saturated carbocycles. The lowest BCUT2D eigenvalue weighted by molar-refractivity contribution is -0.158. The van der Waals surface area contributed by atoms with Crippen LogP contribution in [-0.4, -0.2) is 17.8 Å². The van der Waals surface area contributed by atoms with E-state index in [0.717, 1.165) is 0 Å². The van der Waals surface area contributed by atoms with E-state index in [2.05, 4.69) is 0 Å². The predicted molar refractivity (Wildman–Crippen MR) is 55.1 cm³/mol. The van der Waals surface area contributed by atoms with Crippen LogP contribution in [0.3, 0.4) is 0 Å². The molecule has 0 amide bonds. The molecule has 0 aliphatic carbocycles. The topological polar surface area (TPSA) is 43.4 Å². The number of hydrogen-bond acceptors (Lipinski definition) is 3. The maximum Gasteiger partial charge on any atom is 0.320 e. The highest BCUT2D eigenvalue weighted by molar-refractivity contribution is 6.66. The van der Waals surface area contributed by atoms with Crippen molar-refractivity contribution in [2.24, 2.45) is 10.8 Å². The first-order valence-corrected chi connectivity index (χ1v) is 4.82. The molecule has 0 aliphatic heterocycles. The van der Waals surface area contributed by atoms with E-state index in [-0.39, 0.29) is 12.0 Å². The summed E-state index contributed by atoms with van der Waals surface area (Å²) in [5.41, 5.74) is -1.37. The molecule has 0 saturated heterocycles. The summed E-state index contributed by atoms with van der Waals surface area (Å²) in [7, 11) is 0. The standard InChI is InChI=1S/C10H17ClO3/c1-9(2,3)6-14-8(13)10(4,5)7(11)12/h6H2,1-5H3. The summed E-state index contributed by atoms with van der Waals surface area (Å²) >= 11 is 5.27. The molecule has 0 aliphatic rings. The van der Waals surface area contributed by atoms with Gasteiger partial charge in [0.15, 0.2) is 0 Å². The summed E-state index contributed by atoms with van der Waals surface area (Å²) < 4.78 is 4.99. The van der Waals surface area contributed by atoms with Gasteiger partial charge in [0.05, 0.1) is 6.61 Å². The summed E-state index contributed by atoms with van der Waals surface area (Å²) in [5, 5.41) is -0.698. The molecule has 0 aromatic carbocycles. The van der Waals surface area contributed by atoms with Gasteiger partial charge in [0.25, 0.3) is 0 Å². The molecule has 0 radical (unpaired) electrons. The summed E-state index contributed by atoms with van der Waals surface area (Å²) in [6.07, 6.45) is 0. The monoisotopic (exact) mass is 220 g/mol. The van der Waals surface area contributed by atoms with Gasteiger partial charge < -0.3 is 4.74 Å². The maximum absolute atomic E-state index is 11.4. The number of hydrogen-bond donors (Lipinski definition) is 0. The van der Waals surface area contributed by atoms with Gasteiger partial charge >= 0.3 is 5.97 Å². The first-order valence-electron chi connectivity index (χ1n) is 4.44. The Morgan fingerprint density at radius 3 is 1.86 bits per heavy atom. The van der Waals surface area contributed by atoms with E-state index < -0.39 is 16.6 Å². The van der Waals surface area contributed by atoms with Crippen LogP contribution in [0.4, 0.5) is 0 Å². The Balaban J connectivity index is 4.30. The summed E-state index contributed by atoms with van der Waals surface area (Å²) in [6.45, 7) is 9.00. The van der Waals surface area contributed by atoms with E-state index in [9.17, 15) is 9.59 Å². The first kappa shape index (κ1) is 13.4. The van der Waals surface area contributed by atoms with E-state index in [1.54, 1.807) is 0 Å². The minimum atomic E-state index is -1.26. The van der Waals surface area contributed by atoms with Crippen LogP contribution in [0, 0.1) is 10.8 Å². The van der Waals surface area contributed by atoms with Gasteiger partial charge in [-0.15, -0.1) is 0 Å². The third kappa shape index (κ3) is 4.09. The summed E-state index contributed by atoms with van der Waals surface area (Å²) in [6, 6.07) is 0. The van der Waals surface area contributed by atoms with Gasteiger partial charge in [0.2, 0.25) is 5.24 Å². The molecule has 0 fully saturated rings. The highest BCUT2D eigenvalue weighted by atomic mass is 35.5. The van der Waals surface area contributed by atoms with Gasteiger partial charge in [-0.3, -0.25) is 9.59 Å². The van der Waals surface area contributed by atoms with Crippen molar-refractivity contribution < 1.29 is 14.3 Å². The molecule has 82 valence electrons. The maximum atomic E-state index is 11.4.